The minimum absolute atomic E-state index is 0.0585. The van der Waals surface area contributed by atoms with Crippen LogP contribution >= 0.6 is 0 Å². The first kappa shape index (κ1) is 21.5. The maximum absolute atomic E-state index is 12.9. The second-order valence-electron chi connectivity index (χ2n) is 8.14. The van der Waals surface area contributed by atoms with Crippen molar-refractivity contribution in [3.63, 3.8) is 0 Å². The van der Waals surface area contributed by atoms with Crippen molar-refractivity contribution in [2.75, 3.05) is 25.5 Å². The van der Waals surface area contributed by atoms with Gasteiger partial charge in [0.2, 0.25) is 5.91 Å². The Morgan fingerprint density at radius 3 is 2.48 bits per heavy atom. The van der Waals surface area contributed by atoms with Gasteiger partial charge in [0.25, 0.3) is 10.0 Å². The summed E-state index contributed by atoms with van der Waals surface area (Å²) in [5.74, 6) is 0.536. The molecular formula is C23H28N4O3S. The number of hydrogen-bond donors (Lipinski definition) is 1. The SMILES string of the molecule is CN1CCC/C1=N\S(=O)(=O)c1ccc(NC(=O)C2CCCN2Cc2ccccc2)cc1. The summed E-state index contributed by atoms with van der Waals surface area (Å²) in [6.45, 7) is 2.45. The van der Waals surface area contributed by atoms with E-state index in [0.29, 0.717) is 17.9 Å². The lowest BCUT2D eigenvalue weighted by Crippen LogP contribution is -2.39. The quantitative estimate of drug-likeness (QED) is 0.746. The third-order valence-corrected chi connectivity index (χ3v) is 7.19. The van der Waals surface area contributed by atoms with Gasteiger partial charge in [0.15, 0.2) is 0 Å². The number of likely N-dealkylation sites (tertiary alicyclic amines) is 2. The van der Waals surface area contributed by atoms with Gasteiger partial charge in [0.1, 0.15) is 5.84 Å². The Morgan fingerprint density at radius 2 is 1.81 bits per heavy atom. The lowest BCUT2D eigenvalue weighted by atomic mass is 10.1. The lowest BCUT2D eigenvalue weighted by Gasteiger charge is -2.23. The summed E-state index contributed by atoms with van der Waals surface area (Å²) >= 11 is 0. The molecule has 2 fully saturated rings. The third kappa shape index (κ3) is 5.14. The first-order valence-electron chi connectivity index (χ1n) is 10.7. The zero-order valence-corrected chi connectivity index (χ0v) is 18.5. The Bertz CT molecular complexity index is 1050. The standard InChI is InChI=1S/C23H28N4O3S/c1-26-15-6-10-22(26)25-31(29,30)20-13-11-19(12-14-20)24-23(28)21-9-5-16-27(21)17-18-7-3-2-4-8-18/h2-4,7-8,11-14,21H,5-6,9-10,15-17H2,1H3,(H,24,28)/b25-22+. The van der Waals surface area contributed by atoms with Crippen LogP contribution in [0.4, 0.5) is 5.69 Å². The number of anilines is 1. The van der Waals surface area contributed by atoms with Gasteiger partial charge in [-0.1, -0.05) is 30.3 Å². The van der Waals surface area contributed by atoms with Gasteiger partial charge >= 0.3 is 0 Å². The van der Waals surface area contributed by atoms with E-state index >= 15 is 0 Å². The fraction of sp³-hybridized carbons (Fsp3) is 0.391. The van der Waals surface area contributed by atoms with E-state index in [0.717, 1.165) is 38.9 Å². The fourth-order valence-electron chi connectivity index (χ4n) is 4.17. The molecule has 1 unspecified atom stereocenters. The molecule has 2 aliphatic heterocycles. The van der Waals surface area contributed by atoms with Crippen LogP contribution in [0.2, 0.25) is 0 Å². The second-order valence-corrected chi connectivity index (χ2v) is 9.74. The van der Waals surface area contributed by atoms with Gasteiger partial charge < -0.3 is 10.2 Å². The first-order chi connectivity index (χ1) is 14.9. The van der Waals surface area contributed by atoms with E-state index in [9.17, 15) is 13.2 Å². The summed E-state index contributed by atoms with van der Waals surface area (Å²) in [7, 11) is -1.90. The molecule has 7 nitrogen and oxygen atoms in total. The van der Waals surface area contributed by atoms with Gasteiger partial charge in [-0.2, -0.15) is 8.42 Å². The Labute approximate surface area is 183 Å². The molecule has 0 aliphatic carbocycles. The number of amidine groups is 1. The van der Waals surface area contributed by atoms with Crippen LogP contribution in [-0.2, 0) is 21.4 Å². The van der Waals surface area contributed by atoms with Crippen molar-refractivity contribution in [2.24, 2.45) is 4.40 Å². The molecule has 0 saturated carbocycles. The zero-order chi connectivity index (χ0) is 21.8. The van der Waals surface area contributed by atoms with E-state index in [1.807, 2.05) is 30.1 Å². The lowest BCUT2D eigenvalue weighted by molar-refractivity contribution is -0.120. The molecule has 0 radical (unpaired) electrons. The molecule has 1 amide bonds. The van der Waals surface area contributed by atoms with Crippen LogP contribution in [0.5, 0.6) is 0 Å². The van der Waals surface area contributed by atoms with Gasteiger partial charge in [-0.05, 0) is 55.6 Å². The molecule has 2 aromatic rings. The molecule has 2 heterocycles. The van der Waals surface area contributed by atoms with Crippen LogP contribution in [0.3, 0.4) is 0 Å². The summed E-state index contributed by atoms with van der Waals surface area (Å²) in [5.41, 5.74) is 1.77. The highest BCUT2D eigenvalue weighted by molar-refractivity contribution is 7.90. The van der Waals surface area contributed by atoms with E-state index in [1.165, 1.54) is 17.7 Å². The van der Waals surface area contributed by atoms with Crippen molar-refractivity contribution < 1.29 is 13.2 Å². The number of carbonyl (C=O) groups excluding carboxylic acids is 1. The smallest absolute Gasteiger partial charge is 0.283 e. The maximum atomic E-state index is 12.9. The summed E-state index contributed by atoms with van der Waals surface area (Å²) < 4.78 is 29.2. The Hall–Kier alpha value is -2.71. The van der Waals surface area contributed by atoms with Crippen molar-refractivity contribution in [2.45, 2.75) is 43.2 Å². The summed E-state index contributed by atoms with van der Waals surface area (Å²) in [4.78, 5) is 17.1. The zero-order valence-electron chi connectivity index (χ0n) is 17.7. The molecule has 0 aromatic heterocycles. The number of sulfonamides is 1. The van der Waals surface area contributed by atoms with Crippen molar-refractivity contribution in [3.05, 3.63) is 60.2 Å². The van der Waals surface area contributed by atoms with Gasteiger partial charge in [-0.15, -0.1) is 4.40 Å². The number of nitrogens with zero attached hydrogens (tertiary/aromatic N) is 3. The molecule has 0 spiro atoms. The minimum Gasteiger partial charge on any atom is -0.362 e. The van der Waals surface area contributed by atoms with Crippen LogP contribution in [0.15, 0.2) is 63.9 Å². The van der Waals surface area contributed by atoms with Gasteiger partial charge in [-0.25, -0.2) is 0 Å². The molecule has 0 bridgehead atoms. The Balaban J connectivity index is 1.41. The van der Waals surface area contributed by atoms with Crippen LogP contribution in [0.1, 0.15) is 31.2 Å². The highest BCUT2D eigenvalue weighted by Crippen LogP contribution is 2.23. The molecule has 2 aliphatic rings. The summed E-state index contributed by atoms with van der Waals surface area (Å²) in [5, 5.41) is 2.94. The summed E-state index contributed by atoms with van der Waals surface area (Å²) in [6, 6.07) is 16.2. The minimum atomic E-state index is -3.76. The van der Waals surface area contributed by atoms with E-state index in [-0.39, 0.29) is 16.8 Å². The van der Waals surface area contributed by atoms with Crippen molar-refractivity contribution in [1.82, 2.24) is 9.80 Å². The van der Waals surface area contributed by atoms with Crippen LogP contribution in [-0.4, -0.2) is 56.1 Å². The van der Waals surface area contributed by atoms with Crippen molar-refractivity contribution >= 4 is 27.5 Å². The number of amides is 1. The molecule has 1 atom stereocenters. The highest BCUT2D eigenvalue weighted by atomic mass is 32.2. The van der Waals surface area contributed by atoms with Gasteiger partial charge in [0, 0.05) is 32.2 Å². The molecule has 164 valence electrons. The summed E-state index contributed by atoms with van der Waals surface area (Å²) in [6.07, 6.45) is 3.38. The second kappa shape index (κ2) is 9.20. The average Bonchev–Trinajstić information content (AvgIpc) is 3.38. The number of hydrogen-bond acceptors (Lipinski definition) is 4. The first-order valence-corrected chi connectivity index (χ1v) is 12.1. The molecule has 31 heavy (non-hydrogen) atoms. The van der Waals surface area contributed by atoms with E-state index < -0.39 is 10.0 Å². The topological polar surface area (TPSA) is 82.1 Å². The van der Waals surface area contributed by atoms with Crippen molar-refractivity contribution in [1.29, 1.82) is 0 Å². The normalized spacial score (nSPS) is 21.0. The Kier molecular flexibility index (Phi) is 6.38. The van der Waals surface area contributed by atoms with Gasteiger partial charge in [-0.3, -0.25) is 9.69 Å². The molecule has 4 rings (SSSR count). The van der Waals surface area contributed by atoms with Crippen molar-refractivity contribution in [3.8, 4) is 0 Å². The van der Waals surface area contributed by atoms with Crippen LogP contribution in [0, 0.1) is 0 Å². The predicted octanol–water partition coefficient (Wildman–Crippen LogP) is 3.10. The number of nitrogens with one attached hydrogen (secondary N) is 1. The molecular weight excluding hydrogens is 412 g/mol. The highest BCUT2D eigenvalue weighted by Gasteiger charge is 2.30. The maximum Gasteiger partial charge on any atom is 0.283 e. The molecule has 1 N–H and O–H groups in total. The fourth-order valence-corrected chi connectivity index (χ4v) is 5.26. The monoisotopic (exact) mass is 440 g/mol. The van der Waals surface area contributed by atoms with E-state index in [4.69, 9.17) is 0 Å². The van der Waals surface area contributed by atoms with Crippen LogP contribution < -0.4 is 5.32 Å². The number of rotatable bonds is 6. The van der Waals surface area contributed by atoms with E-state index in [1.54, 1.807) is 12.1 Å². The van der Waals surface area contributed by atoms with E-state index in [2.05, 4.69) is 26.7 Å². The molecule has 2 saturated heterocycles. The number of carbonyl (C=O) groups is 1. The molecule has 2 aromatic carbocycles. The molecule has 8 heteroatoms. The van der Waals surface area contributed by atoms with Crippen LogP contribution in [0.25, 0.3) is 0 Å². The predicted molar refractivity (Wildman–Crippen MR) is 121 cm³/mol. The largest absolute Gasteiger partial charge is 0.362 e. The Morgan fingerprint density at radius 1 is 1.06 bits per heavy atom. The average molecular weight is 441 g/mol. The van der Waals surface area contributed by atoms with Gasteiger partial charge in [0.05, 0.1) is 10.9 Å². The number of benzene rings is 2. The third-order valence-electron chi connectivity index (χ3n) is 5.87.